The summed E-state index contributed by atoms with van der Waals surface area (Å²) in [5, 5.41) is 18.5. The van der Waals surface area contributed by atoms with Crippen LogP contribution in [0.25, 0.3) is 0 Å². The lowest BCUT2D eigenvalue weighted by atomic mass is 10.2. The summed E-state index contributed by atoms with van der Waals surface area (Å²) >= 11 is 0. The van der Waals surface area contributed by atoms with Crippen LogP contribution >= 0.6 is 0 Å². The van der Waals surface area contributed by atoms with Crippen LogP contribution in [0.1, 0.15) is 16.8 Å². The van der Waals surface area contributed by atoms with Crippen molar-refractivity contribution in [3.8, 4) is 23.4 Å². The normalized spacial score (nSPS) is 9.83. The van der Waals surface area contributed by atoms with E-state index in [2.05, 4.69) is 11.1 Å². The Balaban J connectivity index is 2.37. The van der Waals surface area contributed by atoms with Crippen molar-refractivity contribution in [2.24, 2.45) is 0 Å². The van der Waals surface area contributed by atoms with Crippen LogP contribution in [0.4, 0.5) is 0 Å². The first-order chi connectivity index (χ1) is 8.60. The van der Waals surface area contributed by atoms with Gasteiger partial charge in [0.05, 0.1) is 11.6 Å². The van der Waals surface area contributed by atoms with E-state index in [0.717, 1.165) is 0 Å². The number of nitriles is 1. The first kappa shape index (κ1) is 11.9. The number of nitrogens with zero attached hydrogens (tertiary/aromatic N) is 2. The molecule has 0 amide bonds. The van der Waals surface area contributed by atoms with E-state index < -0.39 is 0 Å². The number of aromatic nitrogens is 1. The van der Waals surface area contributed by atoms with Gasteiger partial charge in [-0.05, 0) is 32.0 Å². The fourth-order valence-electron chi connectivity index (χ4n) is 1.58. The summed E-state index contributed by atoms with van der Waals surface area (Å²) in [6, 6.07) is 10.3. The first-order valence-electron chi connectivity index (χ1n) is 5.45. The summed E-state index contributed by atoms with van der Waals surface area (Å²) in [6.45, 7) is 3.55. The largest absolute Gasteiger partial charge is 0.508 e. The zero-order valence-electron chi connectivity index (χ0n) is 10.1. The minimum absolute atomic E-state index is 0.167. The fraction of sp³-hybridized carbons (Fsp3) is 0.143. The molecule has 4 nitrogen and oxygen atoms in total. The van der Waals surface area contributed by atoms with Crippen molar-refractivity contribution in [2.75, 3.05) is 0 Å². The Morgan fingerprint density at radius 3 is 2.78 bits per heavy atom. The molecule has 0 bridgehead atoms. The molecule has 0 fully saturated rings. The minimum atomic E-state index is 0.167. The van der Waals surface area contributed by atoms with Crippen LogP contribution in [0.5, 0.6) is 17.4 Å². The number of pyridine rings is 1. The molecular formula is C14H12N2O2. The van der Waals surface area contributed by atoms with E-state index in [9.17, 15) is 5.11 Å². The van der Waals surface area contributed by atoms with Crippen LogP contribution in [0.15, 0.2) is 30.3 Å². The Morgan fingerprint density at radius 2 is 2.06 bits per heavy atom. The third-order valence-electron chi connectivity index (χ3n) is 2.53. The van der Waals surface area contributed by atoms with Gasteiger partial charge in [-0.3, -0.25) is 0 Å². The van der Waals surface area contributed by atoms with E-state index in [1.54, 1.807) is 44.2 Å². The molecule has 0 radical (unpaired) electrons. The number of hydrogen-bond donors (Lipinski definition) is 1. The van der Waals surface area contributed by atoms with Crippen molar-refractivity contribution in [3.63, 3.8) is 0 Å². The molecule has 0 atom stereocenters. The molecule has 0 aliphatic carbocycles. The molecule has 1 aromatic carbocycles. The molecule has 90 valence electrons. The number of phenols is 1. The van der Waals surface area contributed by atoms with Gasteiger partial charge in [0.15, 0.2) is 0 Å². The topological polar surface area (TPSA) is 66.1 Å². The van der Waals surface area contributed by atoms with Gasteiger partial charge >= 0.3 is 0 Å². The van der Waals surface area contributed by atoms with Crippen LogP contribution < -0.4 is 4.74 Å². The zero-order chi connectivity index (χ0) is 13.1. The fourth-order valence-corrected chi connectivity index (χ4v) is 1.58. The molecule has 0 unspecified atom stereocenters. The zero-order valence-corrected chi connectivity index (χ0v) is 10.1. The monoisotopic (exact) mass is 240 g/mol. The van der Waals surface area contributed by atoms with Gasteiger partial charge in [0.1, 0.15) is 11.5 Å². The number of phenolic OH excluding ortho intramolecular Hbond substituents is 1. The third-order valence-corrected chi connectivity index (χ3v) is 2.53. The lowest BCUT2D eigenvalue weighted by molar-refractivity contribution is 0.438. The second-order valence-corrected chi connectivity index (χ2v) is 3.95. The molecule has 4 heteroatoms. The summed E-state index contributed by atoms with van der Waals surface area (Å²) in [5.74, 6) is 1.04. The molecular weight excluding hydrogens is 228 g/mol. The molecule has 1 N–H and O–H groups in total. The second-order valence-electron chi connectivity index (χ2n) is 3.95. The third kappa shape index (κ3) is 2.41. The van der Waals surface area contributed by atoms with E-state index in [-0.39, 0.29) is 5.75 Å². The molecule has 0 saturated heterocycles. The number of aryl methyl sites for hydroxylation is 1. The van der Waals surface area contributed by atoms with Gasteiger partial charge in [-0.25, -0.2) is 4.98 Å². The SMILES string of the molecule is Cc1cc(C#N)cc(Oc2cccc(O)c2C)n1. The second kappa shape index (κ2) is 4.76. The minimum Gasteiger partial charge on any atom is -0.508 e. The summed E-state index contributed by atoms with van der Waals surface area (Å²) in [6.07, 6.45) is 0. The maximum Gasteiger partial charge on any atom is 0.220 e. The van der Waals surface area contributed by atoms with E-state index in [1.807, 2.05) is 0 Å². The maximum atomic E-state index is 9.58. The Bertz CT molecular complexity index is 630. The first-order valence-corrected chi connectivity index (χ1v) is 5.45. The molecule has 1 aromatic heterocycles. The van der Waals surface area contributed by atoms with Crippen molar-refractivity contribution in [1.29, 1.82) is 5.26 Å². The van der Waals surface area contributed by atoms with Crippen LogP contribution in [0.2, 0.25) is 0 Å². The van der Waals surface area contributed by atoms with Crippen LogP contribution in [-0.4, -0.2) is 10.1 Å². The Hall–Kier alpha value is -2.54. The van der Waals surface area contributed by atoms with Crippen molar-refractivity contribution in [2.45, 2.75) is 13.8 Å². The molecule has 0 aliphatic heterocycles. The van der Waals surface area contributed by atoms with Gasteiger partial charge in [0.2, 0.25) is 5.88 Å². The highest BCUT2D eigenvalue weighted by atomic mass is 16.5. The standard InChI is InChI=1S/C14H12N2O2/c1-9-6-11(8-15)7-14(16-9)18-13-5-3-4-12(17)10(13)2/h3-7,17H,1-2H3. The predicted octanol–water partition coefficient (Wildman–Crippen LogP) is 3.07. The summed E-state index contributed by atoms with van der Waals surface area (Å²) < 4.78 is 5.59. The molecule has 0 aliphatic rings. The van der Waals surface area contributed by atoms with Gasteiger partial charge in [-0.2, -0.15) is 5.26 Å². The predicted molar refractivity (Wildman–Crippen MR) is 66.6 cm³/mol. The highest BCUT2D eigenvalue weighted by Gasteiger charge is 2.07. The average molecular weight is 240 g/mol. The summed E-state index contributed by atoms with van der Waals surface area (Å²) in [5.41, 5.74) is 1.84. The number of benzene rings is 1. The maximum absolute atomic E-state index is 9.58. The van der Waals surface area contributed by atoms with Gasteiger partial charge in [0.25, 0.3) is 0 Å². The van der Waals surface area contributed by atoms with Gasteiger partial charge < -0.3 is 9.84 Å². The number of rotatable bonds is 2. The highest BCUT2D eigenvalue weighted by Crippen LogP contribution is 2.29. The molecule has 0 saturated carbocycles. The number of hydrogen-bond acceptors (Lipinski definition) is 4. The molecule has 0 spiro atoms. The summed E-state index contributed by atoms with van der Waals surface area (Å²) in [7, 11) is 0. The van der Waals surface area contributed by atoms with Crippen molar-refractivity contribution in [1.82, 2.24) is 4.98 Å². The highest BCUT2D eigenvalue weighted by molar-refractivity contribution is 5.45. The number of ether oxygens (including phenoxy) is 1. The smallest absolute Gasteiger partial charge is 0.220 e. The van der Waals surface area contributed by atoms with Crippen LogP contribution in [0, 0.1) is 25.2 Å². The van der Waals surface area contributed by atoms with Gasteiger partial charge in [-0.15, -0.1) is 0 Å². The lowest BCUT2D eigenvalue weighted by Crippen LogP contribution is -1.93. The molecule has 2 rings (SSSR count). The summed E-state index contributed by atoms with van der Waals surface area (Å²) in [4.78, 5) is 4.19. The quantitative estimate of drug-likeness (QED) is 0.876. The Kier molecular flexibility index (Phi) is 3.16. The van der Waals surface area contributed by atoms with Crippen LogP contribution in [0.3, 0.4) is 0 Å². The van der Waals surface area contributed by atoms with Gasteiger partial charge in [-0.1, -0.05) is 6.07 Å². The van der Waals surface area contributed by atoms with Crippen molar-refractivity contribution < 1.29 is 9.84 Å². The van der Waals surface area contributed by atoms with E-state index in [0.29, 0.717) is 28.5 Å². The average Bonchev–Trinajstić information content (AvgIpc) is 2.34. The molecule has 2 aromatic rings. The van der Waals surface area contributed by atoms with Crippen LogP contribution in [-0.2, 0) is 0 Å². The van der Waals surface area contributed by atoms with E-state index in [4.69, 9.17) is 10.00 Å². The van der Waals surface area contributed by atoms with Gasteiger partial charge in [0, 0.05) is 17.3 Å². The van der Waals surface area contributed by atoms with Crippen molar-refractivity contribution in [3.05, 3.63) is 47.2 Å². The van der Waals surface area contributed by atoms with E-state index in [1.165, 1.54) is 0 Å². The number of aromatic hydroxyl groups is 1. The Labute approximate surface area is 105 Å². The molecule has 1 heterocycles. The van der Waals surface area contributed by atoms with Crippen molar-refractivity contribution >= 4 is 0 Å². The molecule has 18 heavy (non-hydrogen) atoms. The Morgan fingerprint density at radius 1 is 1.28 bits per heavy atom. The van der Waals surface area contributed by atoms with E-state index >= 15 is 0 Å². The lowest BCUT2D eigenvalue weighted by Gasteiger charge is -2.09.